The second-order valence-corrected chi connectivity index (χ2v) is 10.0. The average molecular weight is 489 g/mol. The van der Waals surface area contributed by atoms with Crippen molar-refractivity contribution in [3.63, 3.8) is 0 Å². The number of hydrogen-bond donors (Lipinski definition) is 1. The van der Waals surface area contributed by atoms with Crippen LogP contribution in [0.4, 0.5) is 0 Å². The lowest BCUT2D eigenvalue weighted by molar-refractivity contribution is -0.126. The molecule has 0 radical (unpaired) electrons. The van der Waals surface area contributed by atoms with Crippen LogP contribution in [-0.4, -0.2) is 58.8 Å². The summed E-state index contributed by atoms with van der Waals surface area (Å²) in [4.78, 5) is 33.7. The quantitative estimate of drug-likeness (QED) is 0.690. The second kappa shape index (κ2) is 10.4. The van der Waals surface area contributed by atoms with Gasteiger partial charge in [0.2, 0.25) is 5.91 Å². The number of halogens is 2. The van der Waals surface area contributed by atoms with E-state index in [4.69, 9.17) is 28.9 Å². The van der Waals surface area contributed by atoms with Crippen molar-refractivity contribution in [2.24, 2.45) is 17.6 Å². The largest absolute Gasteiger partial charge is 0.369 e. The van der Waals surface area contributed by atoms with E-state index >= 15 is 0 Å². The monoisotopic (exact) mass is 488 g/mol. The number of carbonyl (C=O) groups is 2. The van der Waals surface area contributed by atoms with E-state index in [1.54, 1.807) is 18.5 Å². The molecular weight excluding hydrogens is 459 g/mol. The van der Waals surface area contributed by atoms with Gasteiger partial charge in [0.05, 0.1) is 21.5 Å². The van der Waals surface area contributed by atoms with Crippen LogP contribution in [0, 0.1) is 18.8 Å². The number of nitrogens with two attached hydrogens (primary N) is 1. The highest BCUT2D eigenvalue weighted by atomic mass is 35.5. The normalized spacial score (nSPS) is 22.3. The van der Waals surface area contributed by atoms with E-state index in [0.717, 1.165) is 43.4 Å². The van der Waals surface area contributed by atoms with Crippen molar-refractivity contribution in [1.82, 2.24) is 14.8 Å². The Morgan fingerprint density at radius 3 is 2.52 bits per heavy atom. The molecule has 2 aromatic rings. The number of aryl methyl sites for hydroxylation is 1. The van der Waals surface area contributed by atoms with E-state index in [9.17, 15) is 9.59 Å². The van der Waals surface area contributed by atoms with Gasteiger partial charge in [-0.15, -0.1) is 0 Å². The molecule has 2 aliphatic rings. The van der Waals surface area contributed by atoms with E-state index in [1.807, 2.05) is 30.0 Å². The molecule has 2 amide bonds. The van der Waals surface area contributed by atoms with Gasteiger partial charge in [-0.3, -0.25) is 19.5 Å². The van der Waals surface area contributed by atoms with Crippen LogP contribution in [0.3, 0.4) is 0 Å². The van der Waals surface area contributed by atoms with Gasteiger partial charge in [-0.25, -0.2) is 0 Å². The summed E-state index contributed by atoms with van der Waals surface area (Å²) in [6.07, 6.45) is 6.82. The summed E-state index contributed by atoms with van der Waals surface area (Å²) in [5, 5.41) is 1.07. The fraction of sp³-hybridized carbons (Fsp3) is 0.480. The van der Waals surface area contributed by atoms with Crippen molar-refractivity contribution >= 4 is 35.0 Å². The Labute approximate surface area is 205 Å². The van der Waals surface area contributed by atoms with E-state index in [2.05, 4.69) is 9.88 Å². The van der Waals surface area contributed by atoms with Gasteiger partial charge >= 0.3 is 0 Å². The highest BCUT2D eigenvalue weighted by Crippen LogP contribution is 2.32. The maximum atomic E-state index is 12.9. The van der Waals surface area contributed by atoms with Crippen LogP contribution in [0.5, 0.6) is 0 Å². The number of primary amides is 1. The number of likely N-dealkylation sites (tertiary alicyclic amines) is 2. The van der Waals surface area contributed by atoms with Gasteiger partial charge < -0.3 is 10.6 Å². The predicted octanol–water partition coefficient (Wildman–Crippen LogP) is 3.97. The summed E-state index contributed by atoms with van der Waals surface area (Å²) in [5.41, 5.74) is 8.52. The Kier molecular flexibility index (Phi) is 7.57. The first-order valence-corrected chi connectivity index (χ1v) is 12.3. The molecule has 2 atom stereocenters. The minimum Gasteiger partial charge on any atom is -0.369 e. The van der Waals surface area contributed by atoms with Gasteiger partial charge in [0.15, 0.2) is 0 Å². The first-order valence-electron chi connectivity index (χ1n) is 11.5. The molecule has 0 bridgehead atoms. The average Bonchev–Trinajstić information content (AvgIpc) is 2.81. The SMILES string of the molecule is Cc1ccncc1C(=O)N1CCC(N2CC[C@H](Cc3ccc(Cl)c(Cl)c3)[C@H](C(N)=O)C2)CC1. The fourth-order valence-corrected chi connectivity index (χ4v) is 5.51. The van der Waals surface area contributed by atoms with Crippen LogP contribution in [0.1, 0.15) is 40.7 Å². The van der Waals surface area contributed by atoms with Crippen LogP contribution in [0.25, 0.3) is 0 Å². The van der Waals surface area contributed by atoms with E-state index in [0.29, 0.717) is 41.3 Å². The first kappa shape index (κ1) is 24.0. The van der Waals surface area contributed by atoms with E-state index in [-0.39, 0.29) is 23.7 Å². The van der Waals surface area contributed by atoms with Gasteiger partial charge in [0.1, 0.15) is 0 Å². The molecule has 2 aliphatic heterocycles. The van der Waals surface area contributed by atoms with Gasteiger partial charge in [0.25, 0.3) is 5.91 Å². The zero-order chi connectivity index (χ0) is 23.5. The Bertz CT molecular complexity index is 1020. The highest BCUT2D eigenvalue weighted by Gasteiger charge is 2.37. The van der Waals surface area contributed by atoms with Crippen molar-refractivity contribution < 1.29 is 9.59 Å². The number of amides is 2. The molecule has 2 saturated heterocycles. The number of benzene rings is 1. The summed E-state index contributed by atoms with van der Waals surface area (Å²) in [7, 11) is 0. The Morgan fingerprint density at radius 1 is 1.09 bits per heavy atom. The first-order chi connectivity index (χ1) is 15.8. The Morgan fingerprint density at radius 2 is 1.85 bits per heavy atom. The topological polar surface area (TPSA) is 79.5 Å². The third kappa shape index (κ3) is 5.51. The lowest BCUT2D eigenvalue weighted by Gasteiger charge is -2.44. The van der Waals surface area contributed by atoms with Crippen LogP contribution >= 0.6 is 23.2 Å². The van der Waals surface area contributed by atoms with Crippen molar-refractivity contribution in [2.75, 3.05) is 26.2 Å². The number of carbonyl (C=O) groups excluding carboxylic acids is 2. The van der Waals surface area contributed by atoms with Crippen molar-refractivity contribution in [2.45, 2.75) is 38.6 Å². The Balaban J connectivity index is 1.35. The molecule has 176 valence electrons. The number of nitrogens with zero attached hydrogens (tertiary/aromatic N) is 3. The molecule has 0 saturated carbocycles. The molecule has 3 heterocycles. The standard InChI is InChI=1S/C25H30Cl2N4O2/c1-16-4-8-29-14-20(16)25(33)30-10-6-19(7-11-30)31-9-5-18(21(15-31)24(28)32)12-17-2-3-22(26)23(27)13-17/h2-4,8,13-14,18-19,21H,5-7,9-12,15H2,1H3,(H2,28,32)/t18-,21-/m1/s1. The highest BCUT2D eigenvalue weighted by molar-refractivity contribution is 6.42. The molecule has 0 spiro atoms. The molecule has 0 unspecified atom stereocenters. The third-order valence-corrected chi connectivity index (χ3v) is 7.91. The minimum atomic E-state index is -0.246. The van der Waals surface area contributed by atoms with Gasteiger partial charge in [-0.1, -0.05) is 29.3 Å². The molecule has 8 heteroatoms. The van der Waals surface area contributed by atoms with Crippen LogP contribution in [-0.2, 0) is 11.2 Å². The number of aromatic nitrogens is 1. The predicted molar refractivity (Wildman–Crippen MR) is 130 cm³/mol. The zero-order valence-electron chi connectivity index (χ0n) is 18.8. The number of piperidine rings is 2. The maximum Gasteiger partial charge on any atom is 0.255 e. The lowest BCUT2D eigenvalue weighted by atomic mass is 9.80. The zero-order valence-corrected chi connectivity index (χ0v) is 20.4. The maximum absolute atomic E-state index is 12.9. The summed E-state index contributed by atoms with van der Waals surface area (Å²) in [6, 6.07) is 7.87. The van der Waals surface area contributed by atoms with Crippen LogP contribution < -0.4 is 5.73 Å². The van der Waals surface area contributed by atoms with Crippen LogP contribution in [0.2, 0.25) is 10.0 Å². The molecule has 6 nitrogen and oxygen atoms in total. The molecule has 1 aromatic carbocycles. The van der Waals surface area contributed by atoms with Gasteiger partial charge in [0, 0.05) is 38.1 Å². The third-order valence-electron chi connectivity index (χ3n) is 7.17. The number of rotatable bonds is 5. The number of hydrogen-bond acceptors (Lipinski definition) is 4. The number of pyridine rings is 1. The second-order valence-electron chi connectivity index (χ2n) is 9.22. The lowest BCUT2D eigenvalue weighted by Crippen LogP contribution is -2.53. The van der Waals surface area contributed by atoms with Crippen LogP contribution in [0.15, 0.2) is 36.7 Å². The van der Waals surface area contributed by atoms with E-state index in [1.165, 1.54) is 0 Å². The molecule has 33 heavy (non-hydrogen) atoms. The smallest absolute Gasteiger partial charge is 0.255 e. The summed E-state index contributed by atoms with van der Waals surface area (Å²) >= 11 is 12.2. The van der Waals surface area contributed by atoms with Gasteiger partial charge in [-0.2, -0.15) is 0 Å². The molecular formula is C25H30Cl2N4O2. The molecule has 2 N–H and O–H groups in total. The summed E-state index contributed by atoms with van der Waals surface area (Å²) < 4.78 is 0. The Hall–Kier alpha value is -2.15. The summed E-state index contributed by atoms with van der Waals surface area (Å²) in [5.74, 6) is -0.212. The van der Waals surface area contributed by atoms with Crippen molar-refractivity contribution in [3.8, 4) is 0 Å². The van der Waals surface area contributed by atoms with Crippen molar-refractivity contribution in [1.29, 1.82) is 0 Å². The fourth-order valence-electron chi connectivity index (χ4n) is 5.19. The molecule has 4 rings (SSSR count). The van der Waals surface area contributed by atoms with Gasteiger partial charge in [-0.05, 0) is 74.4 Å². The molecule has 1 aromatic heterocycles. The molecule has 2 fully saturated rings. The molecule has 0 aliphatic carbocycles. The van der Waals surface area contributed by atoms with Crippen molar-refractivity contribution in [3.05, 3.63) is 63.4 Å². The summed E-state index contributed by atoms with van der Waals surface area (Å²) in [6.45, 7) is 4.95. The van der Waals surface area contributed by atoms with E-state index < -0.39 is 0 Å². The minimum absolute atomic E-state index is 0.0504.